The average Bonchev–Trinajstić information content (AvgIpc) is 3.09. The second kappa shape index (κ2) is 5.47. The second-order valence-electron chi connectivity index (χ2n) is 5.71. The summed E-state index contributed by atoms with van der Waals surface area (Å²) in [5, 5.41) is 7.31. The molecule has 1 atom stereocenters. The van der Waals surface area contributed by atoms with Gasteiger partial charge in [-0.25, -0.2) is 4.98 Å². The highest BCUT2D eigenvalue weighted by atomic mass is 32.1. The van der Waals surface area contributed by atoms with E-state index in [1.807, 2.05) is 6.92 Å². The third kappa shape index (κ3) is 2.86. The number of hydrogen-bond acceptors (Lipinski definition) is 7. The van der Waals surface area contributed by atoms with Gasteiger partial charge in [0.25, 0.3) is 0 Å². The zero-order valence-corrected chi connectivity index (χ0v) is 12.8. The van der Waals surface area contributed by atoms with Gasteiger partial charge in [0, 0.05) is 23.5 Å². The number of nitrogens with zero attached hydrogens (tertiary/aromatic N) is 4. The number of hydrogen-bond donors (Lipinski definition) is 0. The molecule has 0 radical (unpaired) electrons. The van der Waals surface area contributed by atoms with Gasteiger partial charge in [0.2, 0.25) is 5.89 Å². The number of thiazole rings is 1. The Hall–Kier alpha value is -1.31. The maximum absolute atomic E-state index is 5.63. The maximum atomic E-state index is 5.63. The van der Waals surface area contributed by atoms with Crippen LogP contribution < -0.4 is 0 Å². The van der Waals surface area contributed by atoms with E-state index in [9.17, 15) is 0 Å². The van der Waals surface area contributed by atoms with E-state index in [2.05, 4.69) is 25.4 Å². The highest BCUT2D eigenvalue weighted by molar-refractivity contribution is 7.09. The molecule has 6 nitrogen and oxygen atoms in total. The van der Waals surface area contributed by atoms with Gasteiger partial charge >= 0.3 is 0 Å². The van der Waals surface area contributed by atoms with Crippen molar-refractivity contribution in [1.29, 1.82) is 0 Å². The predicted molar refractivity (Wildman–Crippen MR) is 77.1 cm³/mol. The lowest BCUT2D eigenvalue weighted by atomic mass is 10.2. The lowest BCUT2D eigenvalue weighted by Crippen LogP contribution is -2.39. The Morgan fingerprint density at radius 3 is 3.05 bits per heavy atom. The molecular formula is C14H18N4O2S. The first-order valence-electron chi connectivity index (χ1n) is 7.36. The molecule has 7 heteroatoms. The van der Waals surface area contributed by atoms with Gasteiger partial charge in [-0.15, -0.1) is 11.3 Å². The van der Waals surface area contributed by atoms with Crippen molar-refractivity contribution in [3.63, 3.8) is 0 Å². The molecule has 1 aliphatic heterocycles. The van der Waals surface area contributed by atoms with E-state index in [1.54, 1.807) is 11.3 Å². The Bertz CT molecular complexity index is 622. The summed E-state index contributed by atoms with van der Waals surface area (Å²) in [6.45, 7) is 5.02. The number of morpholine rings is 1. The van der Waals surface area contributed by atoms with Crippen molar-refractivity contribution < 1.29 is 9.26 Å². The third-order valence-corrected chi connectivity index (χ3v) is 4.98. The first kappa shape index (κ1) is 13.4. The Labute approximate surface area is 127 Å². The monoisotopic (exact) mass is 306 g/mol. The van der Waals surface area contributed by atoms with Gasteiger partial charge in [0.1, 0.15) is 5.01 Å². The van der Waals surface area contributed by atoms with E-state index in [0.29, 0.717) is 19.1 Å². The van der Waals surface area contributed by atoms with Gasteiger partial charge in [-0.3, -0.25) is 4.90 Å². The van der Waals surface area contributed by atoms with Gasteiger partial charge in [0.05, 0.1) is 25.8 Å². The Morgan fingerprint density at radius 2 is 2.29 bits per heavy atom. The molecule has 0 amide bonds. The van der Waals surface area contributed by atoms with Gasteiger partial charge in [-0.2, -0.15) is 4.98 Å². The van der Waals surface area contributed by atoms with Crippen molar-refractivity contribution in [3.8, 4) is 0 Å². The van der Waals surface area contributed by atoms with Gasteiger partial charge in [-0.05, 0) is 19.8 Å². The highest BCUT2D eigenvalue weighted by Crippen LogP contribution is 2.39. The van der Waals surface area contributed by atoms with Crippen molar-refractivity contribution >= 4 is 11.3 Å². The largest absolute Gasteiger partial charge is 0.378 e. The third-order valence-electron chi connectivity index (χ3n) is 3.92. The van der Waals surface area contributed by atoms with Crippen LogP contribution in [-0.4, -0.2) is 39.8 Å². The first-order valence-corrected chi connectivity index (χ1v) is 8.24. The number of aryl methyl sites for hydroxylation is 1. The van der Waals surface area contributed by atoms with E-state index in [-0.39, 0.29) is 6.04 Å². The number of rotatable bonds is 4. The zero-order valence-electron chi connectivity index (χ0n) is 12.0. The predicted octanol–water partition coefficient (Wildman–Crippen LogP) is 2.29. The van der Waals surface area contributed by atoms with Gasteiger partial charge in [-0.1, -0.05) is 5.16 Å². The smallest absolute Gasteiger partial charge is 0.229 e. The molecule has 1 saturated carbocycles. The fourth-order valence-corrected chi connectivity index (χ4v) is 3.50. The molecule has 0 spiro atoms. The summed E-state index contributed by atoms with van der Waals surface area (Å²) in [5.74, 6) is 2.09. The molecule has 2 aromatic rings. The molecule has 21 heavy (non-hydrogen) atoms. The Morgan fingerprint density at radius 1 is 1.38 bits per heavy atom. The molecule has 112 valence electrons. The molecule has 0 aromatic carbocycles. The summed E-state index contributed by atoms with van der Waals surface area (Å²) in [6.07, 6.45) is 2.36. The van der Waals surface area contributed by atoms with Crippen LogP contribution in [0.4, 0.5) is 0 Å². The van der Waals surface area contributed by atoms with Gasteiger partial charge in [0.15, 0.2) is 5.82 Å². The number of aromatic nitrogens is 3. The molecule has 1 unspecified atom stereocenters. The molecule has 0 N–H and O–H groups in total. The van der Waals surface area contributed by atoms with Crippen molar-refractivity contribution in [1.82, 2.24) is 20.0 Å². The molecule has 2 aromatic heterocycles. The summed E-state index contributed by atoms with van der Waals surface area (Å²) in [7, 11) is 0. The first-order chi connectivity index (χ1) is 10.3. The summed E-state index contributed by atoms with van der Waals surface area (Å²) >= 11 is 1.69. The van der Waals surface area contributed by atoms with Crippen molar-refractivity contribution in [3.05, 3.63) is 27.8 Å². The van der Waals surface area contributed by atoms with E-state index in [1.165, 1.54) is 12.8 Å². The van der Waals surface area contributed by atoms with Crippen LogP contribution in [-0.2, 0) is 11.3 Å². The SMILES string of the molecule is Cc1csc(C2COCCN2Cc2noc(C3CC3)n2)n1. The van der Waals surface area contributed by atoms with E-state index in [0.717, 1.165) is 35.6 Å². The minimum Gasteiger partial charge on any atom is -0.378 e. The minimum absolute atomic E-state index is 0.195. The molecule has 2 fully saturated rings. The molecule has 2 aliphatic rings. The van der Waals surface area contributed by atoms with Crippen LogP contribution in [0.1, 0.15) is 47.2 Å². The zero-order chi connectivity index (χ0) is 14.2. The summed E-state index contributed by atoms with van der Waals surface area (Å²) in [6, 6.07) is 0.195. The lowest BCUT2D eigenvalue weighted by Gasteiger charge is -2.33. The molecular weight excluding hydrogens is 288 g/mol. The van der Waals surface area contributed by atoms with Crippen LogP contribution in [0.3, 0.4) is 0 Å². The van der Waals surface area contributed by atoms with Crippen LogP contribution in [0.5, 0.6) is 0 Å². The summed E-state index contributed by atoms with van der Waals surface area (Å²) < 4.78 is 11.0. The molecule has 1 saturated heterocycles. The van der Waals surface area contributed by atoms with E-state index < -0.39 is 0 Å². The standard InChI is InChI=1S/C14H18N4O2S/c1-9-8-21-14(15-9)11-7-19-5-4-18(11)6-12-16-13(20-17-12)10-2-3-10/h8,10-11H,2-7H2,1H3. The Kier molecular flexibility index (Phi) is 3.48. The minimum atomic E-state index is 0.195. The topological polar surface area (TPSA) is 64.3 Å². The lowest BCUT2D eigenvalue weighted by molar-refractivity contribution is -0.0141. The van der Waals surface area contributed by atoms with Crippen molar-refractivity contribution in [2.75, 3.05) is 19.8 Å². The van der Waals surface area contributed by atoms with Crippen molar-refractivity contribution in [2.45, 2.75) is 38.3 Å². The van der Waals surface area contributed by atoms with Crippen LogP contribution >= 0.6 is 11.3 Å². The van der Waals surface area contributed by atoms with Crippen LogP contribution in [0.25, 0.3) is 0 Å². The highest BCUT2D eigenvalue weighted by Gasteiger charge is 2.31. The molecule has 4 rings (SSSR count). The fraction of sp³-hybridized carbons (Fsp3) is 0.643. The summed E-state index contributed by atoms with van der Waals surface area (Å²) in [5.41, 5.74) is 1.07. The van der Waals surface area contributed by atoms with E-state index in [4.69, 9.17) is 9.26 Å². The quantitative estimate of drug-likeness (QED) is 0.863. The maximum Gasteiger partial charge on any atom is 0.229 e. The normalized spacial score (nSPS) is 23.6. The molecule has 0 bridgehead atoms. The molecule has 3 heterocycles. The average molecular weight is 306 g/mol. The van der Waals surface area contributed by atoms with Crippen LogP contribution in [0, 0.1) is 6.92 Å². The van der Waals surface area contributed by atoms with E-state index >= 15 is 0 Å². The Balaban J connectivity index is 1.50. The van der Waals surface area contributed by atoms with Crippen LogP contribution in [0.15, 0.2) is 9.90 Å². The number of ether oxygens (including phenoxy) is 1. The van der Waals surface area contributed by atoms with Crippen LogP contribution in [0.2, 0.25) is 0 Å². The second-order valence-corrected chi connectivity index (χ2v) is 6.60. The summed E-state index contributed by atoms with van der Waals surface area (Å²) in [4.78, 5) is 11.5. The molecule has 1 aliphatic carbocycles. The fourth-order valence-electron chi connectivity index (χ4n) is 2.59. The van der Waals surface area contributed by atoms with Crippen molar-refractivity contribution in [2.24, 2.45) is 0 Å². The van der Waals surface area contributed by atoms with Gasteiger partial charge < -0.3 is 9.26 Å².